The highest BCUT2D eigenvalue weighted by Crippen LogP contribution is 2.34. The van der Waals surface area contributed by atoms with Crippen LogP contribution in [0.2, 0.25) is 0 Å². The number of benzene rings is 8. The first-order chi connectivity index (χ1) is 23.8. The van der Waals surface area contributed by atoms with Crippen LogP contribution in [-0.2, 0) is 0 Å². The molecular weight excluding hydrogens is 583 g/mol. The summed E-state index contributed by atoms with van der Waals surface area (Å²) in [5, 5.41) is 7.07. The van der Waals surface area contributed by atoms with E-state index in [-0.39, 0.29) is 0 Å². The largest absolute Gasteiger partial charge is 0.208 e. The number of hydrogen-bond acceptors (Lipinski definition) is 3. The minimum Gasteiger partial charge on any atom is -0.208 e. The zero-order chi connectivity index (χ0) is 31.9. The normalized spacial score (nSPS) is 11.3. The van der Waals surface area contributed by atoms with Gasteiger partial charge in [-0.3, -0.25) is 0 Å². The molecule has 0 saturated heterocycles. The first-order valence-corrected chi connectivity index (χ1v) is 16.2. The summed E-state index contributed by atoms with van der Waals surface area (Å²) in [6.07, 6.45) is 0. The SMILES string of the molecule is c1ccc(-c2ccc(-c3nc(-c4ccc5cc(-c6cccc7ccccc67)ccc5c4)nc(-c4cccc5ccccc45)n3)cc2)cc1. The van der Waals surface area contributed by atoms with Crippen LogP contribution in [0.3, 0.4) is 0 Å². The Kier molecular flexibility index (Phi) is 6.80. The first-order valence-electron chi connectivity index (χ1n) is 16.2. The van der Waals surface area contributed by atoms with Gasteiger partial charge in [0.2, 0.25) is 0 Å². The molecule has 0 spiro atoms. The van der Waals surface area contributed by atoms with Gasteiger partial charge in [-0.15, -0.1) is 0 Å². The van der Waals surface area contributed by atoms with Gasteiger partial charge in [0, 0.05) is 16.7 Å². The molecule has 3 heteroatoms. The summed E-state index contributed by atoms with van der Waals surface area (Å²) in [5.74, 6) is 1.95. The van der Waals surface area contributed by atoms with Crippen molar-refractivity contribution in [2.24, 2.45) is 0 Å². The summed E-state index contributed by atoms with van der Waals surface area (Å²) < 4.78 is 0. The molecule has 0 radical (unpaired) electrons. The molecule has 1 aromatic heterocycles. The van der Waals surface area contributed by atoms with Crippen molar-refractivity contribution in [2.75, 3.05) is 0 Å². The Morgan fingerprint density at radius 3 is 1.42 bits per heavy atom. The Morgan fingerprint density at radius 2 is 0.708 bits per heavy atom. The van der Waals surface area contributed by atoms with Gasteiger partial charge in [-0.1, -0.05) is 164 Å². The Labute approximate surface area is 278 Å². The number of aromatic nitrogens is 3. The van der Waals surface area contributed by atoms with E-state index in [0.717, 1.165) is 38.4 Å². The van der Waals surface area contributed by atoms with Gasteiger partial charge < -0.3 is 0 Å². The van der Waals surface area contributed by atoms with Crippen molar-refractivity contribution in [1.82, 2.24) is 15.0 Å². The molecule has 0 bridgehead atoms. The molecule has 9 rings (SSSR count). The molecule has 0 aliphatic heterocycles. The van der Waals surface area contributed by atoms with Crippen molar-refractivity contribution in [3.63, 3.8) is 0 Å². The van der Waals surface area contributed by atoms with E-state index >= 15 is 0 Å². The van der Waals surface area contributed by atoms with Crippen molar-refractivity contribution >= 4 is 32.3 Å². The lowest BCUT2D eigenvalue weighted by Gasteiger charge is -2.12. The van der Waals surface area contributed by atoms with Crippen molar-refractivity contribution in [1.29, 1.82) is 0 Å². The summed E-state index contributed by atoms with van der Waals surface area (Å²) in [7, 11) is 0. The summed E-state index contributed by atoms with van der Waals surface area (Å²) >= 11 is 0. The molecule has 0 unspecified atom stereocenters. The van der Waals surface area contributed by atoms with E-state index in [4.69, 9.17) is 15.0 Å². The molecule has 0 aliphatic rings. The minimum atomic E-state index is 0.647. The highest BCUT2D eigenvalue weighted by atomic mass is 15.0. The molecule has 0 saturated carbocycles. The van der Waals surface area contributed by atoms with E-state index in [0.29, 0.717) is 17.5 Å². The minimum absolute atomic E-state index is 0.647. The Morgan fingerprint density at radius 1 is 0.250 bits per heavy atom. The maximum atomic E-state index is 5.10. The van der Waals surface area contributed by atoms with Crippen LogP contribution in [0.4, 0.5) is 0 Å². The van der Waals surface area contributed by atoms with Crippen LogP contribution >= 0.6 is 0 Å². The number of fused-ring (bicyclic) bond motifs is 3. The average molecular weight is 612 g/mol. The third-order valence-electron chi connectivity index (χ3n) is 9.12. The van der Waals surface area contributed by atoms with Gasteiger partial charge in [-0.2, -0.15) is 0 Å². The average Bonchev–Trinajstić information content (AvgIpc) is 3.17. The van der Waals surface area contributed by atoms with Crippen LogP contribution in [0.1, 0.15) is 0 Å². The van der Waals surface area contributed by atoms with Gasteiger partial charge in [-0.25, -0.2) is 15.0 Å². The monoisotopic (exact) mass is 611 g/mol. The summed E-state index contributed by atoms with van der Waals surface area (Å²) in [6, 6.07) is 61.8. The number of hydrogen-bond donors (Lipinski definition) is 0. The predicted octanol–water partition coefficient (Wildman–Crippen LogP) is 11.7. The molecule has 1 heterocycles. The van der Waals surface area contributed by atoms with Crippen LogP contribution in [0, 0.1) is 0 Å². The number of nitrogens with zero attached hydrogens (tertiary/aromatic N) is 3. The second kappa shape index (κ2) is 11.7. The quantitative estimate of drug-likeness (QED) is 0.194. The molecule has 3 nitrogen and oxygen atoms in total. The maximum absolute atomic E-state index is 5.10. The maximum Gasteiger partial charge on any atom is 0.164 e. The third kappa shape index (κ3) is 5.08. The molecule has 224 valence electrons. The molecule has 0 amide bonds. The molecular formula is C45H29N3. The summed E-state index contributed by atoms with van der Waals surface area (Å²) in [4.78, 5) is 15.2. The van der Waals surface area contributed by atoms with Gasteiger partial charge in [0.05, 0.1) is 0 Å². The van der Waals surface area contributed by atoms with E-state index in [1.807, 2.05) is 6.07 Å². The fraction of sp³-hybridized carbons (Fsp3) is 0. The number of rotatable bonds is 5. The molecule has 48 heavy (non-hydrogen) atoms. The van der Waals surface area contributed by atoms with Gasteiger partial charge in [0.1, 0.15) is 0 Å². The molecule has 8 aromatic carbocycles. The van der Waals surface area contributed by atoms with Crippen LogP contribution in [0.15, 0.2) is 176 Å². The van der Waals surface area contributed by atoms with Crippen molar-refractivity contribution < 1.29 is 0 Å². The summed E-state index contributed by atoms with van der Waals surface area (Å²) in [6.45, 7) is 0. The van der Waals surface area contributed by atoms with Crippen molar-refractivity contribution in [3.8, 4) is 56.4 Å². The van der Waals surface area contributed by atoms with Crippen LogP contribution in [-0.4, -0.2) is 15.0 Å². The molecule has 0 fully saturated rings. The standard InChI is InChI=1S/C45H29N3/c1-2-10-30(11-3-1)31-20-22-34(23-21-31)43-46-44(48-45(47-43)42-19-9-15-33-13-5-7-17-40(33)42)38-27-25-35-28-37(26-24-36(35)29-38)41-18-8-14-32-12-4-6-16-39(32)41/h1-29H. The predicted molar refractivity (Wildman–Crippen MR) is 200 cm³/mol. The lowest BCUT2D eigenvalue weighted by molar-refractivity contribution is 1.08. The van der Waals surface area contributed by atoms with E-state index in [9.17, 15) is 0 Å². The van der Waals surface area contributed by atoms with Gasteiger partial charge in [-0.05, 0) is 66.7 Å². The molecule has 0 N–H and O–H groups in total. The third-order valence-corrected chi connectivity index (χ3v) is 9.12. The molecule has 0 aliphatic carbocycles. The van der Waals surface area contributed by atoms with Crippen molar-refractivity contribution in [3.05, 3.63) is 176 Å². The van der Waals surface area contributed by atoms with Gasteiger partial charge >= 0.3 is 0 Å². The molecule has 9 aromatic rings. The van der Waals surface area contributed by atoms with E-state index < -0.39 is 0 Å². The lowest BCUT2D eigenvalue weighted by Crippen LogP contribution is -2.00. The Balaban J connectivity index is 1.16. The Bertz CT molecular complexity index is 2600. The van der Waals surface area contributed by atoms with E-state index in [1.165, 1.54) is 32.8 Å². The topological polar surface area (TPSA) is 38.7 Å². The van der Waals surface area contributed by atoms with E-state index in [2.05, 4.69) is 170 Å². The van der Waals surface area contributed by atoms with Crippen LogP contribution < -0.4 is 0 Å². The van der Waals surface area contributed by atoms with Crippen LogP contribution in [0.25, 0.3) is 88.7 Å². The van der Waals surface area contributed by atoms with Crippen molar-refractivity contribution in [2.45, 2.75) is 0 Å². The second-order valence-corrected chi connectivity index (χ2v) is 12.1. The molecule has 0 atom stereocenters. The fourth-order valence-electron chi connectivity index (χ4n) is 6.65. The highest BCUT2D eigenvalue weighted by Gasteiger charge is 2.15. The highest BCUT2D eigenvalue weighted by molar-refractivity contribution is 6.00. The zero-order valence-electron chi connectivity index (χ0n) is 26.1. The fourth-order valence-corrected chi connectivity index (χ4v) is 6.65. The van der Waals surface area contributed by atoms with Gasteiger partial charge in [0.15, 0.2) is 17.5 Å². The van der Waals surface area contributed by atoms with Gasteiger partial charge in [0.25, 0.3) is 0 Å². The second-order valence-electron chi connectivity index (χ2n) is 12.1. The van der Waals surface area contributed by atoms with Crippen LogP contribution in [0.5, 0.6) is 0 Å². The zero-order valence-corrected chi connectivity index (χ0v) is 26.1. The first kappa shape index (κ1) is 27.8. The summed E-state index contributed by atoms with van der Waals surface area (Å²) in [5.41, 5.74) is 7.65. The smallest absolute Gasteiger partial charge is 0.164 e. The van der Waals surface area contributed by atoms with E-state index in [1.54, 1.807) is 0 Å². The Hall–Kier alpha value is -6.45. The lowest BCUT2D eigenvalue weighted by atomic mass is 9.96.